The van der Waals surface area contributed by atoms with Crippen molar-refractivity contribution in [2.45, 2.75) is 62.5 Å². The summed E-state index contributed by atoms with van der Waals surface area (Å²) in [6.45, 7) is 7.46. The first kappa shape index (κ1) is 18.9. The summed E-state index contributed by atoms with van der Waals surface area (Å²) in [5, 5.41) is 23.4. The standard InChI is InChI=1S/C18H23N5OS2/c1-11(2)18(4,10-19)20-16(24)12(3)26-17-22-21-15(14-6-5-9-25-14)23(17)13-7-8-13/h5-6,9,11-13H,7-8H2,1-4H3,(H,20,24). The molecule has 2 aromatic heterocycles. The topological polar surface area (TPSA) is 83.6 Å². The van der Waals surface area contributed by atoms with Gasteiger partial charge in [-0.25, -0.2) is 0 Å². The van der Waals surface area contributed by atoms with E-state index in [-0.39, 0.29) is 17.1 Å². The zero-order valence-corrected chi connectivity index (χ0v) is 17.0. The highest BCUT2D eigenvalue weighted by Gasteiger charge is 2.34. The van der Waals surface area contributed by atoms with Crippen molar-refractivity contribution in [2.75, 3.05) is 0 Å². The Morgan fingerprint density at radius 3 is 2.73 bits per heavy atom. The molecule has 0 aliphatic heterocycles. The van der Waals surface area contributed by atoms with Gasteiger partial charge in [-0.05, 0) is 44.1 Å². The third-order valence-corrected chi connectivity index (χ3v) is 6.66. The second-order valence-electron chi connectivity index (χ2n) is 7.10. The Labute approximate surface area is 162 Å². The van der Waals surface area contributed by atoms with E-state index in [9.17, 15) is 10.1 Å². The van der Waals surface area contributed by atoms with Crippen molar-refractivity contribution in [3.05, 3.63) is 17.5 Å². The molecule has 138 valence electrons. The first-order valence-corrected chi connectivity index (χ1v) is 10.5. The Morgan fingerprint density at radius 1 is 1.46 bits per heavy atom. The van der Waals surface area contributed by atoms with Crippen LogP contribution in [0.4, 0.5) is 0 Å². The van der Waals surface area contributed by atoms with Crippen LogP contribution in [0.1, 0.15) is 46.6 Å². The monoisotopic (exact) mass is 389 g/mol. The first-order chi connectivity index (χ1) is 12.4. The molecular weight excluding hydrogens is 366 g/mol. The molecule has 2 heterocycles. The van der Waals surface area contributed by atoms with Gasteiger partial charge in [0.1, 0.15) is 5.54 Å². The van der Waals surface area contributed by atoms with Crippen LogP contribution in [0, 0.1) is 17.2 Å². The number of hydrogen-bond donors (Lipinski definition) is 1. The number of thiophene rings is 1. The molecular formula is C18H23N5OS2. The fraction of sp³-hybridized carbons (Fsp3) is 0.556. The summed E-state index contributed by atoms with van der Waals surface area (Å²) >= 11 is 3.04. The molecule has 1 aliphatic carbocycles. The Bertz CT molecular complexity index is 819. The minimum absolute atomic E-state index is 0.0224. The lowest BCUT2D eigenvalue weighted by Crippen LogP contribution is -2.51. The number of carbonyl (C=O) groups excluding carboxylic acids is 1. The van der Waals surface area contributed by atoms with Gasteiger partial charge in [-0.15, -0.1) is 21.5 Å². The van der Waals surface area contributed by atoms with Crippen molar-refractivity contribution in [3.63, 3.8) is 0 Å². The van der Waals surface area contributed by atoms with Gasteiger partial charge in [0, 0.05) is 6.04 Å². The van der Waals surface area contributed by atoms with E-state index in [1.165, 1.54) is 11.8 Å². The highest BCUT2D eigenvalue weighted by atomic mass is 32.2. The van der Waals surface area contributed by atoms with Gasteiger partial charge < -0.3 is 5.32 Å². The molecule has 6 nitrogen and oxygen atoms in total. The largest absolute Gasteiger partial charge is 0.337 e. The van der Waals surface area contributed by atoms with Crippen LogP contribution in [-0.2, 0) is 4.79 Å². The van der Waals surface area contributed by atoms with E-state index in [2.05, 4.69) is 26.2 Å². The average molecular weight is 390 g/mol. The van der Waals surface area contributed by atoms with E-state index in [1.54, 1.807) is 18.3 Å². The summed E-state index contributed by atoms with van der Waals surface area (Å²) in [7, 11) is 0. The van der Waals surface area contributed by atoms with E-state index < -0.39 is 5.54 Å². The molecule has 8 heteroatoms. The predicted octanol–water partition coefficient (Wildman–Crippen LogP) is 3.88. The minimum Gasteiger partial charge on any atom is -0.337 e. The second kappa shape index (κ2) is 7.41. The molecule has 2 aromatic rings. The van der Waals surface area contributed by atoms with Gasteiger partial charge >= 0.3 is 0 Å². The van der Waals surface area contributed by atoms with Gasteiger partial charge in [-0.1, -0.05) is 31.7 Å². The minimum atomic E-state index is -0.877. The number of hydrogen-bond acceptors (Lipinski definition) is 6. The van der Waals surface area contributed by atoms with Crippen molar-refractivity contribution in [1.82, 2.24) is 20.1 Å². The SMILES string of the molecule is CC(Sc1nnc(-c2cccs2)n1C1CC1)C(=O)NC(C)(C#N)C(C)C. The van der Waals surface area contributed by atoms with Crippen LogP contribution >= 0.6 is 23.1 Å². The summed E-state index contributed by atoms with van der Waals surface area (Å²) in [6, 6.07) is 6.68. The first-order valence-electron chi connectivity index (χ1n) is 8.74. The van der Waals surface area contributed by atoms with Crippen molar-refractivity contribution in [1.29, 1.82) is 5.26 Å². The summed E-state index contributed by atoms with van der Waals surface area (Å²) in [5.41, 5.74) is -0.877. The van der Waals surface area contributed by atoms with Crippen molar-refractivity contribution < 1.29 is 4.79 Å². The van der Waals surface area contributed by atoms with Crippen LogP contribution in [0.25, 0.3) is 10.7 Å². The lowest BCUT2D eigenvalue weighted by Gasteiger charge is -2.28. The third kappa shape index (κ3) is 3.79. The van der Waals surface area contributed by atoms with E-state index in [0.717, 1.165) is 28.7 Å². The van der Waals surface area contributed by atoms with Crippen LogP contribution in [-0.4, -0.2) is 31.5 Å². The smallest absolute Gasteiger partial charge is 0.234 e. The number of amides is 1. The van der Waals surface area contributed by atoms with Crippen LogP contribution in [0.2, 0.25) is 0 Å². The second-order valence-corrected chi connectivity index (χ2v) is 9.36. The van der Waals surface area contributed by atoms with Crippen LogP contribution < -0.4 is 5.32 Å². The number of carbonyl (C=O) groups is 1. The molecule has 0 saturated heterocycles. The quantitative estimate of drug-likeness (QED) is 0.727. The molecule has 0 aromatic carbocycles. The van der Waals surface area contributed by atoms with Crippen LogP contribution in [0.3, 0.4) is 0 Å². The highest BCUT2D eigenvalue weighted by Crippen LogP contribution is 2.42. The normalized spacial score (nSPS) is 17.5. The van der Waals surface area contributed by atoms with Gasteiger partial charge in [-0.2, -0.15) is 5.26 Å². The van der Waals surface area contributed by atoms with Gasteiger partial charge in [0.05, 0.1) is 16.2 Å². The molecule has 0 spiro atoms. The van der Waals surface area contributed by atoms with Crippen molar-refractivity contribution in [3.8, 4) is 16.8 Å². The van der Waals surface area contributed by atoms with Gasteiger partial charge in [0.25, 0.3) is 0 Å². The average Bonchev–Trinajstić information content (AvgIpc) is 3.13. The molecule has 2 atom stereocenters. The van der Waals surface area contributed by atoms with Gasteiger partial charge in [0.15, 0.2) is 11.0 Å². The summed E-state index contributed by atoms with van der Waals surface area (Å²) in [4.78, 5) is 13.7. The lowest BCUT2D eigenvalue weighted by atomic mass is 9.90. The molecule has 1 N–H and O–H groups in total. The maximum absolute atomic E-state index is 12.6. The molecule has 0 bridgehead atoms. The number of nitriles is 1. The van der Waals surface area contributed by atoms with E-state index >= 15 is 0 Å². The van der Waals surface area contributed by atoms with E-state index in [0.29, 0.717) is 6.04 Å². The molecule has 2 unspecified atom stereocenters. The number of aromatic nitrogens is 3. The van der Waals surface area contributed by atoms with Gasteiger partial charge in [-0.3, -0.25) is 9.36 Å². The lowest BCUT2D eigenvalue weighted by molar-refractivity contribution is -0.121. The predicted molar refractivity (Wildman–Crippen MR) is 104 cm³/mol. The summed E-state index contributed by atoms with van der Waals surface area (Å²) in [5.74, 6) is 0.742. The Hall–Kier alpha value is -1.85. The fourth-order valence-electron chi connectivity index (χ4n) is 2.46. The summed E-state index contributed by atoms with van der Waals surface area (Å²) < 4.78 is 2.16. The molecule has 26 heavy (non-hydrogen) atoms. The number of nitrogens with zero attached hydrogens (tertiary/aromatic N) is 4. The number of nitrogens with one attached hydrogen (secondary N) is 1. The molecule has 1 aliphatic rings. The molecule has 3 rings (SSSR count). The summed E-state index contributed by atoms with van der Waals surface area (Å²) in [6.07, 6.45) is 2.23. The molecule has 1 amide bonds. The molecule has 0 radical (unpaired) electrons. The number of rotatable bonds is 7. The van der Waals surface area contributed by atoms with Crippen LogP contribution in [0.15, 0.2) is 22.7 Å². The Balaban J connectivity index is 1.77. The maximum Gasteiger partial charge on any atom is 0.234 e. The third-order valence-electron chi connectivity index (χ3n) is 4.74. The Morgan fingerprint density at radius 2 is 2.19 bits per heavy atom. The van der Waals surface area contributed by atoms with Gasteiger partial charge in [0.2, 0.25) is 5.91 Å². The zero-order chi connectivity index (χ0) is 18.9. The molecule has 1 fully saturated rings. The van der Waals surface area contributed by atoms with E-state index in [4.69, 9.17) is 0 Å². The fourth-order valence-corrected chi connectivity index (χ4v) is 4.09. The maximum atomic E-state index is 12.6. The zero-order valence-electron chi connectivity index (χ0n) is 15.4. The van der Waals surface area contributed by atoms with Crippen LogP contribution in [0.5, 0.6) is 0 Å². The highest BCUT2D eigenvalue weighted by molar-refractivity contribution is 8.00. The number of thioether (sulfide) groups is 1. The van der Waals surface area contributed by atoms with Crippen molar-refractivity contribution in [2.24, 2.45) is 5.92 Å². The molecule has 1 saturated carbocycles. The van der Waals surface area contributed by atoms with Crippen molar-refractivity contribution >= 4 is 29.0 Å². The Kier molecular flexibility index (Phi) is 5.39. The van der Waals surface area contributed by atoms with E-state index in [1.807, 2.05) is 38.3 Å².